The number of rotatable bonds is 6. The van der Waals surface area contributed by atoms with Crippen LogP contribution in [0, 0.1) is 6.92 Å². The lowest BCUT2D eigenvalue weighted by atomic mass is 10.1. The molecule has 0 bridgehead atoms. The number of hydrogen-bond acceptors (Lipinski definition) is 4. The third kappa shape index (κ3) is 4.70. The Bertz CT molecular complexity index is 895. The summed E-state index contributed by atoms with van der Waals surface area (Å²) < 4.78 is 5.21. The number of hydrogen-bond donors (Lipinski definition) is 2. The van der Waals surface area contributed by atoms with Crippen molar-refractivity contribution in [1.82, 2.24) is 10.6 Å². The van der Waals surface area contributed by atoms with Gasteiger partial charge in [-0.2, -0.15) is 0 Å². The van der Waals surface area contributed by atoms with Crippen molar-refractivity contribution >= 4 is 29.2 Å². The Kier molecular flexibility index (Phi) is 5.66. The van der Waals surface area contributed by atoms with Crippen LogP contribution in [0.25, 0.3) is 6.08 Å². The van der Waals surface area contributed by atoms with Crippen molar-refractivity contribution in [3.63, 3.8) is 0 Å². The molecule has 0 fully saturated rings. The summed E-state index contributed by atoms with van der Waals surface area (Å²) in [5, 5.41) is 7.37. The number of nitrogens with one attached hydrogen (secondary N) is 2. The fraction of sp³-hybridized carbons (Fsp3) is 0.100. The third-order valence-corrected chi connectivity index (χ3v) is 4.46. The maximum absolute atomic E-state index is 12.6. The van der Waals surface area contributed by atoms with E-state index in [1.807, 2.05) is 36.6 Å². The highest BCUT2D eigenvalue weighted by atomic mass is 32.1. The number of benzene rings is 1. The fourth-order valence-corrected chi connectivity index (χ4v) is 2.91. The molecule has 2 heterocycles. The number of carbonyl (C=O) groups is 2. The summed E-state index contributed by atoms with van der Waals surface area (Å²) in [6.07, 6.45) is 3.21. The van der Waals surface area contributed by atoms with Crippen molar-refractivity contribution in [2.75, 3.05) is 0 Å². The molecule has 0 unspecified atom stereocenters. The Morgan fingerprint density at radius 3 is 2.58 bits per heavy atom. The van der Waals surface area contributed by atoms with Gasteiger partial charge in [-0.1, -0.05) is 23.8 Å². The van der Waals surface area contributed by atoms with Crippen molar-refractivity contribution in [1.29, 1.82) is 0 Å². The average Bonchev–Trinajstić information content (AvgIpc) is 3.33. The minimum Gasteiger partial charge on any atom is -0.467 e. The number of thiophene rings is 1. The summed E-state index contributed by atoms with van der Waals surface area (Å²) in [5.74, 6) is -0.0742. The quantitative estimate of drug-likeness (QED) is 0.653. The van der Waals surface area contributed by atoms with E-state index in [2.05, 4.69) is 10.6 Å². The molecule has 2 N–H and O–H groups in total. The summed E-state index contributed by atoms with van der Waals surface area (Å²) in [6.45, 7) is 2.19. The maximum atomic E-state index is 12.6. The molecule has 0 radical (unpaired) electrons. The van der Waals surface area contributed by atoms with Gasteiger partial charge < -0.3 is 15.1 Å². The van der Waals surface area contributed by atoms with Crippen molar-refractivity contribution in [3.8, 4) is 0 Å². The molecule has 3 rings (SSSR count). The molecule has 26 heavy (non-hydrogen) atoms. The molecule has 5 nitrogen and oxygen atoms in total. The van der Waals surface area contributed by atoms with Crippen molar-refractivity contribution < 1.29 is 14.0 Å². The van der Waals surface area contributed by atoms with Crippen LogP contribution in [0.3, 0.4) is 0 Å². The van der Waals surface area contributed by atoms with Crippen molar-refractivity contribution in [2.24, 2.45) is 0 Å². The second-order valence-electron chi connectivity index (χ2n) is 5.66. The van der Waals surface area contributed by atoms with Crippen LogP contribution in [-0.2, 0) is 11.3 Å². The van der Waals surface area contributed by atoms with Crippen LogP contribution in [0.15, 0.2) is 70.3 Å². The molecule has 0 saturated heterocycles. The predicted octanol–water partition coefficient (Wildman–Crippen LogP) is 3.74. The van der Waals surface area contributed by atoms with Gasteiger partial charge in [-0.3, -0.25) is 9.59 Å². The summed E-state index contributed by atoms with van der Waals surface area (Å²) >= 11 is 1.48. The molecule has 0 aliphatic carbocycles. The molecule has 132 valence electrons. The molecule has 0 aliphatic heterocycles. The van der Waals surface area contributed by atoms with Gasteiger partial charge in [0.15, 0.2) is 0 Å². The predicted molar refractivity (Wildman–Crippen MR) is 101 cm³/mol. The molecule has 6 heteroatoms. The molecule has 1 aromatic carbocycles. The second kappa shape index (κ2) is 8.31. The molecule has 2 amide bonds. The SMILES string of the molecule is Cc1ccc(C(=O)NC(=Cc2cccs2)C(=O)NCc2ccco2)cc1. The van der Waals surface area contributed by atoms with Gasteiger partial charge in [0, 0.05) is 10.4 Å². The summed E-state index contributed by atoms with van der Waals surface area (Å²) in [7, 11) is 0. The van der Waals surface area contributed by atoms with Crippen LogP contribution in [0.5, 0.6) is 0 Å². The highest BCUT2D eigenvalue weighted by molar-refractivity contribution is 7.10. The molecule has 0 aliphatic rings. The molecule has 0 spiro atoms. The van der Waals surface area contributed by atoms with Crippen molar-refractivity contribution in [2.45, 2.75) is 13.5 Å². The van der Waals surface area contributed by atoms with E-state index in [0.717, 1.165) is 10.4 Å². The van der Waals surface area contributed by atoms with Crippen LogP contribution >= 0.6 is 11.3 Å². The van der Waals surface area contributed by atoms with E-state index in [-0.39, 0.29) is 24.1 Å². The first-order valence-corrected chi connectivity index (χ1v) is 8.93. The Hall–Kier alpha value is -3.12. The smallest absolute Gasteiger partial charge is 0.268 e. The van der Waals surface area contributed by atoms with Gasteiger partial charge >= 0.3 is 0 Å². The zero-order chi connectivity index (χ0) is 18.4. The summed E-state index contributed by atoms with van der Waals surface area (Å²) in [4.78, 5) is 25.9. The molecular formula is C20H18N2O3S. The first kappa shape index (κ1) is 17.7. The Balaban J connectivity index is 1.75. The lowest BCUT2D eigenvalue weighted by Gasteiger charge is -2.10. The van der Waals surface area contributed by atoms with E-state index in [1.54, 1.807) is 36.6 Å². The van der Waals surface area contributed by atoms with E-state index in [4.69, 9.17) is 4.42 Å². The van der Waals surface area contributed by atoms with E-state index < -0.39 is 0 Å². The van der Waals surface area contributed by atoms with Gasteiger partial charge in [0.25, 0.3) is 11.8 Å². The number of aryl methyl sites for hydroxylation is 1. The normalized spacial score (nSPS) is 11.2. The fourth-order valence-electron chi connectivity index (χ4n) is 2.25. The van der Waals surface area contributed by atoms with Gasteiger partial charge in [0.1, 0.15) is 11.5 Å². The molecule has 3 aromatic rings. The minimum absolute atomic E-state index is 0.185. The number of amides is 2. The van der Waals surface area contributed by atoms with E-state index in [0.29, 0.717) is 11.3 Å². The van der Waals surface area contributed by atoms with Gasteiger partial charge in [-0.25, -0.2) is 0 Å². The monoisotopic (exact) mass is 366 g/mol. The van der Waals surface area contributed by atoms with Crippen LogP contribution in [-0.4, -0.2) is 11.8 Å². The Morgan fingerprint density at radius 2 is 1.92 bits per heavy atom. The minimum atomic E-state index is -0.379. The first-order chi connectivity index (χ1) is 12.6. The van der Waals surface area contributed by atoms with Crippen LogP contribution in [0.2, 0.25) is 0 Å². The zero-order valence-corrected chi connectivity index (χ0v) is 15.0. The largest absolute Gasteiger partial charge is 0.467 e. The summed E-state index contributed by atoms with van der Waals surface area (Å²) in [6, 6.07) is 14.5. The molecule has 2 aromatic heterocycles. The zero-order valence-electron chi connectivity index (χ0n) is 14.2. The van der Waals surface area contributed by atoms with Crippen LogP contribution < -0.4 is 10.6 Å². The number of carbonyl (C=O) groups excluding carboxylic acids is 2. The van der Waals surface area contributed by atoms with Gasteiger partial charge in [-0.05, 0) is 48.7 Å². The van der Waals surface area contributed by atoms with Gasteiger partial charge in [0.2, 0.25) is 0 Å². The molecule has 0 saturated carbocycles. The average molecular weight is 366 g/mol. The third-order valence-electron chi connectivity index (χ3n) is 3.64. The first-order valence-electron chi connectivity index (χ1n) is 8.05. The lowest BCUT2D eigenvalue weighted by molar-refractivity contribution is -0.118. The number of furan rings is 1. The van der Waals surface area contributed by atoms with E-state index >= 15 is 0 Å². The molecule has 0 atom stereocenters. The molecular weight excluding hydrogens is 348 g/mol. The lowest BCUT2D eigenvalue weighted by Crippen LogP contribution is -2.34. The standard InChI is InChI=1S/C20H18N2O3S/c1-14-6-8-15(9-7-14)19(23)22-18(12-17-5-3-11-26-17)20(24)21-13-16-4-2-10-25-16/h2-12H,13H2,1H3,(H,21,24)(H,22,23). The topological polar surface area (TPSA) is 71.3 Å². The van der Waals surface area contributed by atoms with E-state index in [9.17, 15) is 9.59 Å². The Morgan fingerprint density at radius 1 is 1.12 bits per heavy atom. The summed E-state index contributed by atoms with van der Waals surface area (Å²) in [5.41, 5.74) is 1.74. The van der Waals surface area contributed by atoms with Gasteiger partial charge in [0.05, 0.1) is 12.8 Å². The Labute approximate surface area is 155 Å². The maximum Gasteiger partial charge on any atom is 0.268 e. The van der Waals surface area contributed by atoms with Gasteiger partial charge in [-0.15, -0.1) is 11.3 Å². The highest BCUT2D eigenvalue weighted by Gasteiger charge is 2.15. The van der Waals surface area contributed by atoms with Crippen LogP contribution in [0.1, 0.15) is 26.6 Å². The highest BCUT2D eigenvalue weighted by Crippen LogP contribution is 2.13. The van der Waals surface area contributed by atoms with Crippen LogP contribution in [0.4, 0.5) is 0 Å². The second-order valence-corrected chi connectivity index (χ2v) is 6.63. The van der Waals surface area contributed by atoms with E-state index in [1.165, 1.54) is 11.3 Å². The van der Waals surface area contributed by atoms with Crippen molar-refractivity contribution in [3.05, 3.63) is 87.6 Å².